The number of aliphatic carboxylic acids is 4. The molecule has 4 N–H and O–H groups in total. The summed E-state index contributed by atoms with van der Waals surface area (Å²) in [4.78, 5) is 52.7. The van der Waals surface area contributed by atoms with E-state index in [9.17, 15) is 39.6 Å². The third-order valence-electron chi connectivity index (χ3n) is 7.25. The summed E-state index contributed by atoms with van der Waals surface area (Å²) in [5, 5.41) is 42.8. The monoisotopic (exact) mass is 592 g/mol. The summed E-state index contributed by atoms with van der Waals surface area (Å²) in [6.45, 7) is 13.7. The summed E-state index contributed by atoms with van der Waals surface area (Å²) in [6.07, 6.45) is 3.39. The molecular weight excluding hydrogens is 552 g/mol. The average Bonchev–Trinajstić information content (AvgIpc) is 2.93. The second kappa shape index (κ2) is 17.4. The normalized spacial score (nSPS) is 19.8. The average molecular weight is 593 g/mol. The molecule has 0 aromatic carbocycles. The summed E-state index contributed by atoms with van der Waals surface area (Å²) < 4.78 is 20.7. The Labute approximate surface area is 244 Å². The van der Waals surface area contributed by atoms with Gasteiger partial charge in [0.2, 0.25) is 0 Å². The van der Waals surface area contributed by atoms with Crippen molar-refractivity contribution in [3.05, 3.63) is 73.7 Å². The van der Waals surface area contributed by atoms with Crippen LogP contribution in [0.3, 0.4) is 0 Å². The molecule has 0 saturated heterocycles. The lowest BCUT2D eigenvalue weighted by Gasteiger charge is -2.52. The Hall–Kier alpha value is -4.48. The van der Waals surface area contributed by atoms with Crippen LogP contribution in [0.5, 0.6) is 0 Å². The molecule has 0 spiro atoms. The van der Waals surface area contributed by atoms with Crippen LogP contribution < -0.4 is 0 Å². The quantitative estimate of drug-likeness (QED) is 0.0898. The first-order valence-electron chi connectivity index (χ1n) is 13.4. The lowest BCUT2D eigenvalue weighted by molar-refractivity contribution is -0.170. The van der Waals surface area contributed by atoms with Gasteiger partial charge in [0, 0.05) is 0 Å². The van der Waals surface area contributed by atoms with Crippen LogP contribution in [0.4, 0.5) is 0 Å². The number of ether oxygens (including phenoxy) is 4. The lowest BCUT2D eigenvalue weighted by atomic mass is 9.47. The van der Waals surface area contributed by atoms with Crippen molar-refractivity contribution in [2.75, 3.05) is 26.4 Å². The molecule has 0 aromatic rings. The Bertz CT molecular complexity index is 1020. The van der Waals surface area contributed by atoms with Crippen molar-refractivity contribution in [1.29, 1.82) is 0 Å². The van der Waals surface area contributed by atoms with Crippen molar-refractivity contribution in [1.82, 2.24) is 0 Å². The molecule has 0 amide bonds. The van der Waals surface area contributed by atoms with Gasteiger partial charge in [-0.25, -0.2) is 9.59 Å². The maximum absolute atomic E-state index is 13.6. The van der Waals surface area contributed by atoms with Crippen molar-refractivity contribution in [3.8, 4) is 0 Å². The van der Waals surface area contributed by atoms with E-state index in [-0.39, 0.29) is 88.9 Å². The van der Waals surface area contributed by atoms with Gasteiger partial charge in [-0.05, 0) is 62.5 Å². The molecule has 0 radical (unpaired) electrons. The van der Waals surface area contributed by atoms with E-state index in [1.165, 1.54) is 0 Å². The van der Waals surface area contributed by atoms with E-state index in [2.05, 4.69) is 26.3 Å². The van der Waals surface area contributed by atoms with Crippen LogP contribution in [0.1, 0.15) is 51.4 Å². The van der Waals surface area contributed by atoms with Gasteiger partial charge < -0.3 is 39.4 Å². The zero-order valence-electron chi connectivity index (χ0n) is 23.7. The van der Waals surface area contributed by atoms with Crippen molar-refractivity contribution < 1.29 is 58.6 Å². The molecule has 12 heteroatoms. The molecule has 42 heavy (non-hydrogen) atoms. The van der Waals surface area contributed by atoms with Crippen molar-refractivity contribution in [2.24, 2.45) is 10.8 Å². The van der Waals surface area contributed by atoms with Crippen LogP contribution >= 0.6 is 0 Å². The number of hydrogen-bond acceptors (Lipinski definition) is 8. The number of rotatable bonds is 24. The summed E-state index contributed by atoms with van der Waals surface area (Å²) >= 11 is 0. The summed E-state index contributed by atoms with van der Waals surface area (Å²) in [5.74, 6) is -6.57. The van der Waals surface area contributed by atoms with Crippen LogP contribution in [-0.2, 0) is 38.1 Å². The van der Waals surface area contributed by atoms with Crippen LogP contribution in [-0.4, -0.2) is 70.7 Å². The third kappa shape index (κ3) is 7.62. The number of carboxylic acids is 4. The molecule has 0 aliphatic heterocycles. The Morgan fingerprint density at radius 1 is 0.548 bits per heavy atom. The molecule has 1 aliphatic carbocycles. The van der Waals surface area contributed by atoms with Gasteiger partial charge in [-0.3, -0.25) is 9.59 Å². The predicted octanol–water partition coefficient (Wildman–Crippen LogP) is 4.67. The molecule has 0 aromatic heterocycles. The minimum Gasteiger partial charge on any atom is -0.502 e. The molecule has 0 saturated carbocycles. The van der Waals surface area contributed by atoms with Crippen LogP contribution in [0.2, 0.25) is 0 Å². The van der Waals surface area contributed by atoms with E-state index in [4.69, 9.17) is 18.9 Å². The smallest absolute Gasteiger partial charge is 0.336 e. The first-order valence-corrected chi connectivity index (χ1v) is 13.4. The van der Waals surface area contributed by atoms with Gasteiger partial charge in [0.25, 0.3) is 0 Å². The topological polar surface area (TPSA) is 186 Å². The third-order valence-corrected chi connectivity index (χ3v) is 7.25. The van der Waals surface area contributed by atoms with Crippen molar-refractivity contribution in [3.63, 3.8) is 0 Å². The van der Waals surface area contributed by atoms with Gasteiger partial charge in [-0.15, -0.1) is 0 Å². The van der Waals surface area contributed by atoms with Gasteiger partial charge in [-0.1, -0.05) is 26.3 Å². The van der Waals surface area contributed by atoms with Gasteiger partial charge in [-0.2, -0.15) is 0 Å². The Balaban J connectivity index is 4.32. The molecule has 1 rings (SSSR count). The first-order chi connectivity index (χ1) is 20.0. The summed E-state index contributed by atoms with van der Waals surface area (Å²) in [7, 11) is 0. The molecule has 232 valence electrons. The standard InChI is InChI=1S/C30H40O12/c1-5-39-17-9-13-21-23(25(31)32)24(26(33)34)22(14-10-18-40-6-2)30(28(37)38,16-12-20-42-8-4)29(21,27(35)36)15-11-19-41-7-3/h5-8H,1-4,9-20H2,(H,31,32)(H,33,34)(H,35,36)(H,37,38). The van der Waals surface area contributed by atoms with E-state index in [1.54, 1.807) is 0 Å². The molecule has 2 atom stereocenters. The largest absolute Gasteiger partial charge is 0.502 e. The van der Waals surface area contributed by atoms with E-state index in [0.717, 1.165) is 25.0 Å². The zero-order chi connectivity index (χ0) is 31.8. The highest BCUT2D eigenvalue weighted by Crippen LogP contribution is 2.63. The van der Waals surface area contributed by atoms with E-state index >= 15 is 0 Å². The van der Waals surface area contributed by atoms with Crippen LogP contribution in [0.15, 0.2) is 73.7 Å². The van der Waals surface area contributed by atoms with Gasteiger partial charge in [0.15, 0.2) is 0 Å². The van der Waals surface area contributed by atoms with Gasteiger partial charge in [0.1, 0.15) is 10.8 Å². The second-order valence-electron chi connectivity index (χ2n) is 9.30. The zero-order valence-corrected chi connectivity index (χ0v) is 23.7. The fourth-order valence-corrected chi connectivity index (χ4v) is 5.80. The number of hydrogen-bond donors (Lipinski definition) is 4. The minimum atomic E-state index is -2.38. The highest BCUT2D eigenvalue weighted by Gasteiger charge is 2.67. The van der Waals surface area contributed by atoms with Crippen LogP contribution in [0.25, 0.3) is 0 Å². The SMILES string of the molecule is C=COCCCC1=C(C(=O)O)C(C(=O)O)=C(CCCOC=C)C(CCCOC=C)(C(=O)O)C1(CCCOC=C)C(=O)O. The molecular formula is C30H40O12. The highest BCUT2D eigenvalue weighted by atomic mass is 16.5. The maximum atomic E-state index is 13.6. The fourth-order valence-electron chi connectivity index (χ4n) is 5.80. The van der Waals surface area contributed by atoms with Crippen molar-refractivity contribution in [2.45, 2.75) is 51.4 Å². The Morgan fingerprint density at radius 2 is 0.833 bits per heavy atom. The molecule has 0 bridgehead atoms. The fraction of sp³-hybridized carbons (Fsp3) is 0.467. The second-order valence-corrected chi connectivity index (χ2v) is 9.30. The predicted molar refractivity (Wildman–Crippen MR) is 151 cm³/mol. The molecule has 0 fully saturated rings. The molecule has 12 nitrogen and oxygen atoms in total. The van der Waals surface area contributed by atoms with Gasteiger partial charge >= 0.3 is 23.9 Å². The van der Waals surface area contributed by atoms with E-state index < -0.39 is 45.9 Å². The number of carbonyl (C=O) groups is 4. The summed E-state index contributed by atoms with van der Waals surface area (Å²) in [6, 6.07) is 0. The lowest BCUT2D eigenvalue weighted by Crippen LogP contribution is -2.58. The molecule has 1 aliphatic rings. The molecule has 0 heterocycles. The van der Waals surface area contributed by atoms with Gasteiger partial charge in [0.05, 0.1) is 62.6 Å². The Kier molecular flexibility index (Phi) is 14.7. The number of carboxylic acid groups (broad SMARTS) is 4. The minimum absolute atomic E-state index is 0.000285. The van der Waals surface area contributed by atoms with E-state index in [0.29, 0.717) is 0 Å². The molecule has 2 unspecified atom stereocenters. The highest BCUT2D eigenvalue weighted by molar-refractivity contribution is 6.11. The van der Waals surface area contributed by atoms with Crippen molar-refractivity contribution >= 4 is 23.9 Å². The van der Waals surface area contributed by atoms with Crippen LogP contribution in [0, 0.1) is 10.8 Å². The first kappa shape index (κ1) is 35.5. The Morgan fingerprint density at radius 3 is 1.07 bits per heavy atom. The maximum Gasteiger partial charge on any atom is 0.336 e. The van der Waals surface area contributed by atoms with E-state index in [1.807, 2.05) is 0 Å². The summed E-state index contributed by atoms with van der Waals surface area (Å²) in [5.41, 5.74) is -6.88.